The number of amides is 1. The Kier molecular flexibility index (Phi) is 6.91. The van der Waals surface area contributed by atoms with E-state index in [1.165, 1.54) is 24.5 Å². The van der Waals surface area contributed by atoms with Crippen LogP contribution < -0.4 is 10.2 Å². The van der Waals surface area contributed by atoms with Crippen molar-refractivity contribution < 1.29 is 19.2 Å². The minimum Gasteiger partial charge on any atom is -0.465 e. The summed E-state index contributed by atoms with van der Waals surface area (Å²) in [5, 5.41) is 14.8. The standard InChI is InChI=1S/C21H26N4O5S/c1-5-23-8-10-24(11-9-23)16-7-6-15(12-17(16)25(28)29)19(26)22-20-18(21(27)30-4)13(2)14(3)31-20/h6-7,12H,5,8-11H2,1-4H3,(H,22,26). The van der Waals surface area contributed by atoms with Gasteiger partial charge < -0.3 is 19.9 Å². The van der Waals surface area contributed by atoms with E-state index in [0.717, 1.165) is 30.1 Å². The second-order valence-electron chi connectivity index (χ2n) is 7.31. The van der Waals surface area contributed by atoms with E-state index in [1.807, 2.05) is 11.8 Å². The first-order chi connectivity index (χ1) is 14.8. The van der Waals surface area contributed by atoms with Crippen molar-refractivity contribution in [2.24, 2.45) is 0 Å². The number of carbonyl (C=O) groups excluding carboxylic acids is 2. The van der Waals surface area contributed by atoms with Gasteiger partial charge in [0, 0.05) is 42.7 Å². The van der Waals surface area contributed by atoms with Crippen LogP contribution in [0.1, 0.15) is 38.1 Å². The van der Waals surface area contributed by atoms with Crippen molar-refractivity contribution >= 4 is 39.6 Å². The van der Waals surface area contributed by atoms with Crippen molar-refractivity contribution in [3.8, 4) is 0 Å². The van der Waals surface area contributed by atoms with Crippen LogP contribution >= 0.6 is 11.3 Å². The van der Waals surface area contributed by atoms with Crippen LogP contribution in [-0.4, -0.2) is 61.5 Å². The number of nitrogens with zero attached hydrogens (tertiary/aromatic N) is 3. The summed E-state index contributed by atoms with van der Waals surface area (Å²) >= 11 is 1.27. The third-order valence-corrected chi connectivity index (χ3v) is 6.72. The molecule has 0 bridgehead atoms. The fourth-order valence-corrected chi connectivity index (χ4v) is 4.67. The SMILES string of the molecule is CCN1CCN(c2ccc(C(=O)Nc3sc(C)c(C)c3C(=O)OC)cc2[N+](=O)[O-])CC1. The first-order valence-corrected chi connectivity index (χ1v) is 10.8. The van der Waals surface area contributed by atoms with Gasteiger partial charge in [-0.2, -0.15) is 0 Å². The average Bonchev–Trinajstić information content (AvgIpc) is 3.05. The van der Waals surface area contributed by atoms with Gasteiger partial charge in [-0.25, -0.2) is 4.79 Å². The Morgan fingerprint density at radius 3 is 2.48 bits per heavy atom. The lowest BCUT2D eigenvalue weighted by molar-refractivity contribution is -0.384. The number of piperazine rings is 1. The number of thiophene rings is 1. The summed E-state index contributed by atoms with van der Waals surface area (Å²) in [7, 11) is 1.28. The van der Waals surface area contributed by atoms with Gasteiger partial charge in [-0.1, -0.05) is 6.92 Å². The van der Waals surface area contributed by atoms with E-state index in [4.69, 9.17) is 4.74 Å². The summed E-state index contributed by atoms with van der Waals surface area (Å²) in [4.78, 5) is 41.4. The molecule has 1 fully saturated rings. The van der Waals surface area contributed by atoms with Crippen LogP contribution in [0.25, 0.3) is 0 Å². The van der Waals surface area contributed by atoms with E-state index in [1.54, 1.807) is 19.1 Å². The van der Waals surface area contributed by atoms with Gasteiger partial charge in [-0.15, -0.1) is 11.3 Å². The molecule has 0 atom stereocenters. The maximum atomic E-state index is 12.8. The molecule has 10 heteroatoms. The zero-order valence-electron chi connectivity index (χ0n) is 18.1. The lowest BCUT2D eigenvalue weighted by atomic mass is 10.1. The molecule has 31 heavy (non-hydrogen) atoms. The predicted octanol–water partition coefficient (Wildman–Crippen LogP) is 3.45. The molecule has 0 saturated carbocycles. The van der Waals surface area contributed by atoms with E-state index < -0.39 is 16.8 Å². The number of benzene rings is 1. The highest BCUT2D eigenvalue weighted by molar-refractivity contribution is 7.16. The first-order valence-electron chi connectivity index (χ1n) is 10.0. The zero-order chi connectivity index (χ0) is 22.7. The van der Waals surface area contributed by atoms with E-state index in [-0.39, 0.29) is 11.3 Å². The van der Waals surface area contributed by atoms with Gasteiger partial charge in [0.25, 0.3) is 11.6 Å². The molecule has 2 aromatic rings. The van der Waals surface area contributed by atoms with Crippen LogP contribution in [0.5, 0.6) is 0 Å². The predicted molar refractivity (Wildman–Crippen MR) is 121 cm³/mol. The summed E-state index contributed by atoms with van der Waals surface area (Å²) in [5.74, 6) is -1.05. The Labute approximate surface area is 184 Å². The van der Waals surface area contributed by atoms with E-state index in [2.05, 4.69) is 17.1 Å². The number of anilines is 2. The number of nitrogens with one attached hydrogen (secondary N) is 1. The number of rotatable bonds is 6. The lowest BCUT2D eigenvalue weighted by Crippen LogP contribution is -2.46. The van der Waals surface area contributed by atoms with Crippen molar-refractivity contribution in [1.29, 1.82) is 0 Å². The fourth-order valence-electron chi connectivity index (χ4n) is 3.62. The fraction of sp³-hybridized carbons (Fsp3) is 0.429. The van der Waals surface area contributed by atoms with Crippen molar-refractivity contribution in [3.63, 3.8) is 0 Å². The monoisotopic (exact) mass is 446 g/mol. The zero-order valence-corrected chi connectivity index (χ0v) is 18.9. The molecule has 0 aliphatic carbocycles. The number of carbonyl (C=O) groups is 2. The summed E-state index contributed by atoms with van der Waals surface area (Å²) in [6.07, 6.45) is 0. The minimum atomic E-state index is -0.537. The molecule has 2 heterocycles. The van der Waals surface area contributed by atoms with Crippen LogP contribution in [0.2, 0.25) is 0 Å². The molecule has 1 saturated heterocycles. The lowest BCUT2D eigenvalue weighted by Gasteiger charge is -2.35. The summed E-state index contributed by atoms with van der Waals surface area (Å²) in [5.41, 5.74) is 1.60. The highest BCUT2D eigenvalue weighted by Crippen LogP contribution is 2.34. The van der Waals surface area contributed by atoms with E-state index >= 15 is 0 Å². The number of hydrogen-bond donors (Lipinski definition) is 1. The smallest absolute Gasteiger partial charge is 0.341 e. The normalized spacial score (nSPS) is 14.4. The van der Waals surface area contributed by atoms with Crippen molar-refractivity contribution in [2.45, 2.75) is 20.8 Å². The molecule has 1 aromatic heterocycles. The highest BCUT2D eigenvalue weighted by Gasteiger charge is 2.26. The third kappa shape index (κ3) is 4.70. The van der Waals surface area contributed by atoms with Gasteiger partial charge in [-0.05, 0) is 38.1 Å². The summed E-state index contributed by atoms with van der Waals surface area (Å²) in [6.45, 7) is 9.73. The quantitative estimate of drug-likeness (QED) is 0.412. The van der Waals surface area contributed by atoms with Gasteiger partial charge >= 0.3 is 5.97 Å². The Balaban J connectivity index is 1.86. The number of nitro benzene ring substituents is 1. The van der Waals surface area contributed by atoms with Crippen LogP contribution in [-0.2, 0) is 4.74 Å². The molecular formula is C21H26N4O5S. The molecule has 0 radical (unpaired) electrons. The third-order valence-electron chi connectivity index (χ3n) is 5.60. The number of nitro groups is 1. The molecule has 9 nitrogen and oxygen atoms in total. The Hall–Kier alpha value is -2.98. The number of methoxy groups -OCH3 is 1. The topological polar surface area (TPSA) is 105 Å². The van der Waals surface area contributed by atoms with Crippen molar-refractivity contribution in [1.82, 2.24) is 4.90 Å². The number of likely N-dealkylation sites (N-methyl/N-ethyl adjacent to an activating group) is 1. The molecule has 1 aliphatic heterocycles. The molecule has 3 rings (SSSR count). The van der Waals surface area contributed by atoms with Crippen LogP contribution in [0, 0.1) is 24.0 Å². The number of ether oxygens (including phenoxy) is 1. The Bertz CT molecular complexity index is 1010. The van der Waals surface area contributed by atoms with Crippen LogP contribution in [0.15, 0.2) is 18.2 Å². The highest BCUT2D eigenvalue weighted by atomic mass is 32.1. The maximum absolute atomic E-state index is 12.8. The largest absolute Gasteiger partial charge is 0.465 e. The molecule has 1 aromatic carbocycles. The van der Waals surface area contributed by atoms with Gasteiger partial charge in [-0.3, -0.25) is 14.9 Å². The molecule has 1 N–H and O–H groups in total. The van der Waals surface area contributed by atoms with Crippen LogP contribution in [0.4, 0.5) is 16.4 Å². The van der Waals surface area contributed by atoms with Gasteiger partial charge in [0.1, 0.15) is 10.7 Å². The summed E-state index contributed by atoms with van der Waals surface area (Å²) < 4.78 is 4.83. The number of aryl methyl sites for hydroxylation is 1. The Morgan fingerprint density at radius 2 is 1.90 bits per heavy atom. The second kappa shape index (κ2) is 9.44. The first kappa shape index (κ1) is 22.7. The maximum Gasteiger partial charge on any atom is 0.341 e. The van der Waals surface area contributed by atoms with Crippen LogP contribution in [0.3, 0.4) is 0 Å². The molecule has 0 unspecified atom stereocenters. The average molecular weight is 447 g/mol. The number of esters is 1. The van der Waals surface area contributed by atoms with Gasteiger partial charge in [0.15, 0.2) is 0 Å². The van der Waals surface area contributed by atoms with Gasteiger partial charge in [0.05, 0.1) is 17.6 Å². The molecule has 1 amide bonds. The second-order valence-corrected chi connectivity index (χ2v) is 8.54. The van der Waals surface area contributed by atoms with E-state index in [9.17, 15) is 19.7 Å². The molecule has 1 aliphatic rings. The van der Waals surface area contributed by atoms with E-state index in [0.29, 0.717) is 29.3 Å². The molecule has 166 valence electrons. The summed E-state index contributed by atoms with van der Waals surface area (Å²) in [6, 6.07) is 4.50. The molecular weight excluding hydrogens is 420 g/mol. The Morgan fingerprint density at radius 1 is 1.23 bits per heavy atom. The number of hydrogen-bond acceptors (Lipinski definition) is 8. The van der Waals surface area contributed by atoms with Crippen molar-refractivity contribution in [2.75, 3.05) is 50.1 Å². The van der Waals surface area contributed by atoms with Gasteiger partial charge in [0.2, 0.25) is 0 Å². The minimum absolute atomic E-state index is 0.107. The van der Waals surface area contributed by atoms with Crippen molar-refractivity contribution in [3.05, 3.63) is 49.9 Å². The molecule has 0 spiro atoms.